The van der Waals surface area contributed by atoms with E-state index in [4.69, 9.17) is 9.47 Å². The van der Waals surface area contributed by atoms with Crippen molar-refractivity contribution in [2.24, 2.45) is 0 Å². The molecule has 0 aliphatic heterocycles. The Balaban J connectivity index is 1.62. The Bertz CT molecular complexity index is 606. The minimum Gasteiger partial charge on any atom is -0.497 e. The molecule has 0 heterocycles. The molecule has 0 saturated carbocycles. The van der Waals surface area contributed by atoms with Gasteiger partial charge in [-0.2, -0.15) is 0 Å². The van der Waals surface area contributed by atoms with E-state index in [9.17, 15) is 4.79 Å². The molecule has 0 spiro atoms. The van der Waals surface area contributed by atoms with Crippen molar-refractivity contribution in [1.82, 2.24) is 5.32 Å². The maximum absolute atomic E-state index is 11.6. The summed E-state index contributed by atoms with van der Waals surface area (Å²) in [5, 5.41) is 2.76. The minimum absolute atomic E-state index is 0.370. The normalized spacial score (nSPS) is 10.2. The smallest absolute Gasteiger partial charge is 0.407 e. The van der Waals surface area contributed by atoms with Gasteiger partial charge in [-0.25, -0.2) is 4.79 Å². The maximum Gasteiger partial charge on any atom is 0.407 e. The number of benzene rings is 2. The first-order valence-electron chi connectivity index (χ1n) is 7.76. The lowest BCUT2D eigenvalue weighted by molar-refractivity contribution is 0.147. The number of alkyl carbamates (subject to hydrolysis) is 1. The van der Waals surface area contributed by atoms with Crippen LogP contribution in [-0.2, 0) is 17.6 Å². The van der Waals surface area contributed by atoms with Crippen LogP contribution in [-0.4, -0.2) is 26.4 Å². The summed E-state index contributed by atoms with van der Waals surface area (Å²) >= 11 is 0. The van der Waals surface area contributed by atoms with Crippen molar-refractivity contribution in [1.29, 1.82) is 0 Å². The highest BCUT2D eigenvalue weighted by atomic mass is 16.5. The van der Waals surface area contributed by atoms with Crippen molar-refractivity contribution in [2.75, 3.05) is 20.3 Å². The Hall–Kier alpha value is -2.49. The predicted molar refractivity (Wildman–Crippen MR) is 90.9 cm³/mol. The lowest BCUT2D eigenvalue weighted by Gasteiger charge is -2.08. The quantitative estimate of drug-likeness (QED) is 0.851. The molecule has 4 heteroatoms. The molecule has 23 heavy (non-hydrogen) atoms. The van der Waals surface area contributed by atoms with Crippen LogP contribution >= 0.6 is 0 Å². The van der Waals surface area contributed by atoms with Crippen LogP contribution in [0.15, 0.2) is 48.5 Å². The Morgan fingerprint density at radius 3 is 2.22 bits per heavy atom. The van der Waals surface area contributed by atoms with Gasteiger partial charge in [0, 0.05) is 13.0 Å². The summed E-state index contributed by atoms with van der Waals surface area (Å²) in [7, 11) is 1.64. The van der Waals surface area contributed by atoms with Crippen molar-refractivity contribution in [3.63, 3.8) is 0 Å². The van der Waals surface area contributed by atoms with Gasteiger partial charge in [0.2, 0.25) is 0 Å². The summed E-state index contributed by atoms with van der Waals surface area (Å²) < 4.78 is 10.3. The molecule has 0 aliphatic rings. The van der Waals surface area contributed by atoms with E-state index < -0.39 is 0 Å². The van der Waals surface area contributed by atoms with E-state index in [0.717, 1.165) is 24.2 Å². The zero-order chi connectivity index (χ0) is 16.5. The van der Waals surface area contributed by atoms with Crippen LogP contribution in [0.25, 0.3) is 0 Å². The number of ether oxygens (including phenoxy) is 2. The highest BCUT2D eigenvalue weighted by Gasteiger charge is 2.02. The summed E-state index contributed by atoms with van der Waals surface area (Å²) in [4.78, 5) is 11.6. The van der Waals surface area contributed by atoms with Crippen LogP contribution in [0, 0.1) is 6.92 Å². The van der Waals surface area contributed by atoms with E-state index in [1.807, 2.05) is 24.3 Å². The highest BCUT2D eigenvalue weighted by molar-refractivity contribution is 5.67. The third-order valence-electron chi connectivity index (χ3n) is 3.59. The molecular formula is C19H23NO3. The first-order chi connectivity index (χ1) is 11.2. The molecule has 4 nitrogen and oxygen atoms in total. The SMILES string of the molecule is COc1ccc(CCNC(=O)OCCc2ccc(C)cc2)cc1. The number of carbonyl (C=O) groups is 1. The van der Waals surface area contributed by atoms with Crippen LogP contribution in [0.1, 0.15) is 16.7 Å². The zero-order valence-electron chi connectivity index (χ0n) is 13.7. The maximum atomic E-state index is 11.6. The van der Waals surface area contributed by atoms with Gasteiger partial charge in [0.25, 0.3) is 0 Å². The zero-order valence-corrected chi connectivity index (χ0v) is 13.7. The molecule has 0 radical (unpaired) electrons. The number of methoxy groups -OCH3 is 1. The monoisotopic (exact) mass is 313 g/mol. The van der Waals surface area contributed by atoms with Gasteiger partial charge in [-0.1, -0.05) is 42.0 Å². The van der Waals surface area contributed by atoms with Crippen LogP contribution in [0.5, 0.6) is 5.75 Å². The highest BCUT2D eigenvalue weighted by Crippen LogP contribution is 2.11. The number of carbonyl (C=O) groups excluding carboxylic acids is 1. The van der Waals surface area contributed by atoms with Crippen molar-refractivity contribution < 1.29 is 14.3 Å². The van der Waals surface area contributed by atoms with E-state index in [0.29, 0.717) is 13.2 Å². The third-order valence-corrected chi connectivity index (χ3v) is 3.59. The summed E-state index contributed by atoms with van der Waals surface area (Å²) in [6.45, 7) is 2.99. The number of hydrogen-bond donors (Lipinski definition) is 1. The van der Waals surface area contributed by atoms with E-state index >= 15 is 0 Å². The largest absolute Gasteiger partial charge is 0.497 e. The Morgan fingerprint density at radius 1 is 0.957 bits per heavy atom. The van der Waals surface area contributed by atoms with Crippen molar-refractivity contribution in [3.05, 3.63) is 65.2 Å². The van der Waals surface area contributed by atoms with Crippen LogP contribution < -0.4 is 10.1 Å². The summed E-state index contributed by atoms with van der Waals surface area (Å²) in [6.07, 6.45) is 1.12. The number of nitrogens with one attached hydrogen (secondary N) is 1. The van der Waals surface area contributed by atoms with Crippen LogP contribution in [0.3, 0.4) is 0 Å². The lowest BCUT2D eigenvalue weighted by Crippen LogP contribution is -2.27. The second-order valence-corrected chi connectivity index (χ2v) is 5.40. The topological polar surface area (TPSA) is 47.6 Å². The molecule has 0 saturated heterocycles. The Labute approximate surface area is 137 Å². The number of hydrogen-bond acceptors (Lipinski definition) is 3. The van der Waals surface area contributed by atoms with Crippen molar-refractivity contribution >= 4 is 6.09 Å². The van der Waals surface area contributed by atoms with Gasteiger partial charge in [0.05, 0.1) is 13.7 Å². The fraction of sp³-hybridized carbons (Fsp3) is 0.316. The predicted octanol–water partition coefficient (Wildman–Crippen LogP) is 3.52. The molecule has 1 amide bonds. The van der Waals surface area contributed by atoms with E-state index in [-0.39, 0.29) is 6.09 Å². The Kier molecular flexibility index (Phi) is 6.48. The average Bonchev–Trinajstić information content (AvgIpc) is 2.57. The molecule has 0 unspecified atom stereocenters. The number of rotatable bonds is 7. The van der Waals surface area contributed by atoms with Crippen LogP contribution in [0.2, 0.25) is 0 Å². The van der Waals surface area contributed by atoms with Gasteiger partial charge in [0.1, 0.15) is 5.75 Å². The molecule has 0 atom stereocenters. The standard InChI is InChI=1S/C19H23NO3/c1-15-3-5-17(6-4-15)12-14-23-19(21)20-13-11-16-7-9-18(22-2)10-8-16/h3-10H,11-14H2,1-2H3,(H,20,21). The second-order valence-electron chi connectivity index (χ2n) is 5.40. The Morgan fingerprint density at radius 2 is 1.57 bits per heavy atom. The first-order valence-corrected chi connectivity index (χ1v) is 7.76. The average molecular weight is 313 g/mol. The molecule has 2 aromatic carbocycles. The second kappa shape index (κ2) is 8.83. The van der Waals surface area contributed by atoms with E-state index in [1.165, 1.54) is 11.1 Å². The van der Waals surface area contributed by atoms with Crippen molar-refractivity contribution in [2.45, 2.75) is 19.8 Å². The van der Waals surface area contributed by atoms with Gasteiger partial charge >= 0.3 is 6.09 Å². The summed E-state index contributed by atoms with van der Waals surface area (Å²) in [6, 6.07) is 16.0. The lowest BCUT2D eigenvalue weighted by atomic mass is 10.1. The van der Waals surface area contributed by atoms with Crippen molar-refractivity contribution in [3.8, 4) is 5.75 Å². The molecule has 0 fully saturated rings. The summed E-state index contributed by atoms with van der Waals surface area (Å²) in [5.74, 6) is 0.831. The number of aryl methyl sites for hydroxylation is 1. The molecule has 2 aromatic rings. The minimum atomic E-state index is -0.370. The van der Waals surface area contributed by atoms with E-state index in [2.05, 4.69) is 36.5 Å². The molecule has 0 bridgehead atoms. The molecular weight excluding hydrogens is 290 g/mol. The van der Waals surface area contributed by atoms with Gasteiger partial charge < -0.3 is 14.8 Å². The summed E-state index contributed by atoms with van der Waals surface area (Å²) in [5.41, 5.74) is 3.54. The van der Waals surface area contributed by atoms with Crippen LogP contribution in [0.4, 0.5) is 4.79 Å². The molecule has 1 N–H and O–H groups in total. The van der Waals surface area contributed by atoms with E-state index in [1.54, 1.807) is 7.11 Å². The first kappa shape index (κ1) is 16.9. The third kappa shape index (κ3) is 6.02. The molecule has 0 aliphatic carbocycles. The number of amides is 1. The molecule has 2 rings (SSSR count). The van der Waals surface area contributed by atoms with Gasteiger partial charge in [-0.05, 0) is 36.6 Å². The van der Waals surface area contributed by atoms with Gasteiger partial charge in [-0.15, -0.1) is 0 Å². The molecule has 0 aromatic heterocycles. The molecule has 122 valence electrons. The fourth-order valence-corrected chi connectivity index (χ4v) is 2.17. The fourth-order valence-electron chi connectivity index (χ4n) is 2.17. The van der Waals surface area contributed by atoms with Gasteiger partial charge in [-0.3, -0.25) is 0 Å². The van der Waals surface area contributed by atoms with Gasteiger partial charge in [0.15, 0.2) is 0 Å².